The van der Waals surface area contributed by atoms with Crippen molar-refractivity contribution in [2.45, 2.75) is 156 Å². The van der Waals surface area contributed by atoms with E-state index in [2.05, 4.69) is 28.6 Å². The highest BCUT2D eigenvalue weighted by Gasteiger charge is 2.18. The Labute approximate surface area is 277 Å². The Morgan fingerprint density at radius 3 is 1.62 bits per heavy atom. The summed E-state index contributed by atoms with van der Waals surface area (Å²) < 4.78 is 26.1. The van der Waals surface area contributed by atoms with Gasteiger partial charge in [0.1, 0.15) is 13.1 Å². The molecule has 0 aliphatic carbocycles. The first-order valence-electron chi connectivity index (χ1n) is 18.2. The summed E-state index contributed by atoms with van der Waals surface area (Å²) >= 11 is 0. The molecular formula is C36H69N2O6S+. The quantitative estimate of drug-likeness (QED) is 0.0358. The minimum Gasteiger partial charge on any atom is -0.352 e. The van der Waals surface area contributed by atoms with Crippen molar-refractivity contribution in [1.82, 2.24) is 5.32 Å². The van der Waals surface area contributed by atoms with Gasteiger partial charge in [-0.15, -0.1) is 0 Å². The number of amides is 1. The van der Waals surface area contributed by atoms with E-state index in [0.29, 0.717) is 31.6 Å². The average molecular weight is 658 g/mol. The van der Waals surface area contributed by atoms with Gasteiger partial charge >= 0.3 is 0 Å². The first-order valence-corrected chi connectivity index (χ1v) is 19.7. The van der Waals surface area contributed by atoms with E-state index in [9.17, 15) is 23.6 Å². The Hall–Kier alpha value is -1.52. The first-order chi connectivity index (χ1) is 21.6. The number of quaternary nitrogens is 1. The summed E-state index contributed by atoms with van der Waals surface area (Å²) in [6.45, 7) is 8.85. The number of nitrogens with zero attached hydrogens (tertiary/aromatic N) is 1. The molecule has 0 saturated carbocycles. The molecule has 1 rings (SSSR count). The van der Waals surface area contributed by atoms with Crippen LogP contribution in [0.4, 0.5) is 0 Å². The van der Waals surface area contributed by atoms with Crippen molar-refractivity contribution in [3.05, 3.63) is 35.4 Å². The van der Waals surface area contributed by atoms with Gasteiger partial charge in [0, 0.05) is 18.5 Å². The minimum absolute atomic E-state index is 0.107. The van der Waals surface area contributed by atoms with Crippen LogP contribution in [0.5, 0.6) is 0 Å². The molecule has 0 atom stereocenters. The van der Waals surface area contributed by atoms with Crippen LogP contribution in [0.2, 0.25) is 0 Å². The molecule has 1 amide bonds. The number of aryl methyl sites for hydroxylation is 1. The average Bonchev–Trinajstić information content (AvgIpc) is 3.02. The largest absolute Gasteiger partial charge is 0.352 e. The summed E-state index contributed by atoms with van der Waals surface area (Å²) in [5, 5.41) is 21.9. The van der Waals surface area contributed by atoms with E-state index in [1.807, 2.05) is 26.0 Å². The predicted octanol–water partition coefficient (Wildman–Crippen LogP) is 9.38. The van der Waals surface area contributed by atoms with Crippen molar-refractivity contribution in [2.24, 2.45) is 0 Å². The van der Waals surface area contributed by atoms with Gasteiger partial charge in [-0.3, -0.25) is 8.98 Å². The Morgan fingerprint density at radius 2 is 1.18 bits per heavy atom. The molecular weight excluding hydrogens is 588 g/mol. The highest BCUT2D eigenvalue weighted by molar-refractivity contribution is 7.86. The molecule has 0 unspecified atom stereocenters. The van der Waals surface area contributed by atoms with Gasteiger partial charge in [0.15, 0.2) is 0 Å². The van der Waals surface area contributed by atoms with Crippen LogP contribution in [0, 0.1) is 0 Å². The number of rotatable bonds is 28. The lowest BCUT2D eigenvalue weighted by Gasteiger charge is -2.19. The SMILES string of the molecule is CCCCCCCCCCCCCCCCCCc1ccc(C(=O)NCCC[N+](O)(O)CC)cc1.CCCOS(=O)(=O)CCC. The summed E-state index contributed by atoms with van der Waals surface area (Å²) in [4.78, 5) is 11.2. The van der Waals surface area contributed by atoms with Crippen molar-refractivity contribution in [2.75, 3.05) is 32.0 Å². The minimum atomic E-state index is -3.19. The molecule has 9 heteroatoms. The van der Waals surface area contributed by atoms with E-state index in [-0.39, 0.29) is 24.7 Å². The maximum absolute atomic E-state index is 12.2. The predicted molar refractivity (Wildman–Crippen MR) is 186 cm³/mol. The molecule has 0 spiro atoms. The fourth-order valence-corrected chi connectivity index (χ4v) is 6.05. The Bertz CT molecular complexity index is 922. The number of unbranched alkanes of at least 4 members (excludes halogenated alkanes) is 15. The normalized spacial score (nSPS) is 11.7. The van der Waals surface area contributed by atoms with Crippen LogP contribution in [0.25, 0.3) is 0 Å². The van der Waals surface area contributed by atoms with Gasteiger partial charge in [-0.1, -0.05) is 129 Å². The molecule has 0 radical (unpaired) electrons. The Kier molecular flexibility index (Phi) is 27.7. The van der Waals surface area contributed by atoms with Crippen LogP contribution in [0.3, 0.4) is 0 Å². The summed E-state index contributed by atoms with van der Waals surface area (Å²) in [7, 11) is -3.19. The lowest BCUT2D eigenvalue weighted by molar-refractivity contribution is -1.24. The molecule has 0 aliphatic rings. The second-order valence-electron chi connectivity index (χ2n) is 12.4. The van der Waals surface area contributed by atoms with Crippen LogP contribution in [0.1, 0.15) is 166 Å². The lowest BCUT2D eigenvalue weighted by atomic mass is 10.0. The van der Waals surface area contributed by atoms with E-state index >= 15 is 0 Å². The number of nitrogens with one attached hydrogen (secondary N) is 1. The maximum atomic E-state index is 12.2. The highest BCUT2D eigenvalue weighted by Crippen LogP contribution is 2.15. The summed E-state index contributed by atoms with van der Waals surface area (Å²) in [6, 6.07) is 7.89. The molecule has 0 fully saturated rings. The molecule has 1 aromatic carbocycles. The van der Waals surface area contributed by atoms with Crippen molar-refractivity contribution in [3.63, 3.8) is 0 Å². The van der Waals surface area contributed by atoms with Gasteiger partial charge < -0.3 is 5.32 Å². The molecule has 0 saturated heterocycles. The topological polar surface area (TPSA) is 113 Å². The van der Waals surface area contributed by atoms with Gasteiger partial charge in [-0.2, -0.15) is 18.8 Å². The van der Waals surface area contributed by atoms with Crippen molar-refractivity contribution >= 4 is 16.0 Å². The summed E-state index contributed by atoms with van der Waals surface area (Å²) in [5.41, 5.74) is 1.95. The van der Waals surface area contributed by atoms with E-state index < -0.39 is 14.9 Å². The highest BCUT2D eigenvalue weighted by atomic mass is 32.2. The monoisotopic (exact) mass is 657 g/mol. The summed E-state index contributed by atoms with van der Waals surface area (Å²) in [6.07, 6.45) is 25.1. The van der Waals surface area contributed by atoms with Crippen LogP contribution in [-0.2, 0) is 20.7 Å². The van der Waals surface area contributed by atoms with Gasteiger partial charge in [0.25, 0.3) is 16.0 Å². The van der Waals surface area contributed by atoms with E-state index in [0.717, 1.165) is 12.8 Å². The third-order valence-corrected chi connectivity index (χ3v) is 9.38. The standard InChI is InChI=1S/C30H54N2O3.C6H14O3S/c1-3-5-6-7-8-9-10-11-12-13-14-15-16-17-18-19-21-28-22-24-29(25-23-28)30(33)31-26-20-27-32(34,35)4-2;1-3-5-9-10(7,8)6-4-2/h22-25,34-35H,3-21,26-27H2,1-2H3;3-6H2,1-2H3/p+1. The number of carbonyl (C=O) groups is 1. The van der Waals surface area contributed by atoms with Gasteiger partial charge in [-0.25, -0.2) is 0 Å². The summed E-state index contributed by atoms with van der Waals surface area (Å²) in [5.74, 6) is 0.0249. The van der Waals surface area contributed by atoms with Gasteiger partial charge in [0.2, 0.25) is 0 Å². The second kappa shape index (κ2) is 28.7. The molecule has 45 heavy (non-hydrogen) atoms. The van der Waals surface area contributed by atoms with E-state index in [1.165, 1.54) is 108 Å². The van der Waals surface area contributed by atoms with Crippen LogP contribution in [-0.4, -0.2) is 61.5 Å². The number of benzene rings is 1. The fourth-order valence-electron chi connectivity index (χ4n) is 5.01. The second-order valence-corrected chi connectivity index (χ2v) is 14.1. The molecule has 0 aliphatic heterocycles. The number of hydrogen-bond donors (Lipinski definition) is 3. The smallest absolute Gasteiger partial charge is 0.267 e. The van der Waals surface area contributed by atoms with Crippen molar-refractivity contribution in [1.29, 1.82) is 0 Å². The van der Waals surface area contributed by atoms with Gasteiger partial charge in [0.05, 0.1) is 12.4 Å². The van der Waals surface area contributed by atoms with E-state index in [4.69, 9.17) is 0 Å². The molecule has 0 aromatic heterocycles. The Morgan fingerprint density at radius 1 is 0.689 bits per heavy atom. The Balaban J connectivity index is 0.00000165. The van der Waals surface area contributed by atoms with Gasteiger partial charge in [-0.05, 0) is 55.1 Å². The molecule has 264 valence electrons. The molecule has 3 N–H and O–H groups in total. The molecule has 0 heterocycles. The number of hydrogen-bond acceptors (Lipinski definition) is 6. The van der Waals surface area contributed by atoms with Crippen LogP contribution in [0.15, 0.2) is 24.3 Å². The zero-order valence-corrected chi connectivity index (χ0v) is 30.2. The number of carbonyl (C=O) groups excluding carboxylic acids is 1. The molecule has 8 nitrogen and oxygen atoms in total. The maximum Gasteiger partial charge on any atom is 0.267 e. The molecule has 1 aromatic rings. The van der Waals surface area contributed by atoms with Crippen molar-refractivity contribution in [3.8, 4) is 0 Å². The van der Waals surface area contributed by atoms with Crippen LogP contribution < -0.4 is 5.32 Å². The zero-order valence-electron chi connectivity index (χ0n) is 29.4. The number of hydroxylamine groups is 4. The van der Waals surface area contributed by atoms with Crippen molar-refractivity contribution < 1.29 is 32.6 Å². The first kappa shape index (κ1) is 43.5. The fraction of sp³-hybridized carbons (Fsp3) is 0.806. The third-order valence-electron chi connectivity index (χ3n) is 7.94. The lowest BCUT2D eigenvalue weighted by Crippen LogP contribution is -2.42. The van der Waals surface area contributed by atoms with E-state index in [1.54, 1.807) is 6.92 Å². The third kappa shape index (κ3) is 27.3. The zero-order chi connectivity index (χ0) is 33.7. The van der Waals surface area contributed by atoms with Crippen LogP contribution >= 0.6 is 0 Å². The molecule has 0 bridgehead atoms.